The Kier molecular flexibility index (Phi) is 7.95. The average molecular weight is 238 g/mol. The number of aliphatic hydroxyl groups is 1. The molecule has 0 bridgehead atoms. The van der Waals surface area contributed by atoms with E-state index in [1.54, 1.807) is 0 Å². The quantitative estimate of drug-likeness (QED) is 0.575. The molecule has 0 saturated heterocycles. The van der Waals surface area contributed by atoms with Crippen LogP contribution in [0, 0.1) is 0 Å². The highest BCUT2D eigenvalue weighted by molar-refractivity contribution is 7.89. The molecule has 0 heterocycles. The van der Waals surface area contributed by atoms with Gasteiger partial charge in [0.15, 0.2) is 0 Å². The van der Waals surface area contributed by atoms with Gasteiger partial charge in [-0.25, -0.2) is 13.1 Å². The van der Waals surface area contributed by atoms with E-state index in [4.69, 9.17) is 5.11 Å². The number of nitrogens with one attached hydrogen (secondary N) is 1. The Bertz CT molecular complexity index is 238. The Morgan fingerprint density at radius 2 is 1.87 bits per heavy atom. The Morgan fingerprint density at radius 1 is 1.27 bits per heavy atom. The van der Waals surface area contributed by atoms with Gasteiger partial charge in [-0.05, 0) is 19.5 Å². The van der Waals surface area contributed by atoms with Crippen LogP contribution in [0.3, 0.4) is 0 Å². The van der Waals surface area contributed by atoms with Crippen molar-refractivity contribution in [3.8, 4) is 0 Å². The average Bonchev–Trinajstić information content (AvgIpc) is 2.22. The molecule has 0 radical (unpaired) electrons. The van der Waals surface area contributed by atoms with Crippen LogP contribution < -0.4 is 4.72 Å². The number of hydrogen-bond acceptors (Lipinski definition) is 4. The van der Waals surface area contributed by atoms with Gasteiger partial charge >= 0.3 is 0 Å². The van der Waals surface area contributed by atoms with E-state index in [-0.39, 0.29) is 12.4 Å². The largest absolute Gasteiger partial charge is 0.396 e. The molecule has 0 atom stereocenters. The molecule has 0 aromatic heterocycles. The van der Waals surface area contributed by atoms with Gasteiger partial charge in [-0.3, -0.25) is 0 Å². The zero-order valence-electron chi connectivity index (χ0n) is 9.57. The van der Waals surface area contributed by atoms with Crippen molar-refractivity contribution >= 4 is 10.0 Å². The monoisotopic (exact) mass is 238 g/mol. The molecule has 0 aliphatic carbocycles. The van der Waals surface area contributed by atoms with E-state index < -0.39 is 10.0 Å². The summed E-state index contributed by atoms with van der Waals surface area (Å²) in [5.74, 6) is 0.00174. The van der Waals surface area contributed by atoms with Gasteiger partial charge in [0, 0.05) is 19.7 Å². The van der Waals surface area contributed by atoms with Gasteiger partial charge in [0.25, 0.3) is 0 Å². The second kappa shape index (κ2) is 8.04. The summed E-state index contributed by atoms with van der Waals surface area (Å²) in [6.07, 6.45) is 0.292. The highest BCUT2D eigenvalue weighted by Crippen LogP contribution is 1.90. The number of likely N-dealkylation sites (N-methyl/N-ethyl adjacent to an activating group) is 1. The van der Waals surface area contributed by atoms with Crippen LogP contribution in [0.1, 0.15) is 20.3 Å². The molecule has 0 aromatic carbocycles. The molecule has 2 N–H and O–H groups in total. The lowest BCUT2D eigenvalue weighted by molar-refractivity contribution is 0.294. The molecule has 0 aliphatic heterocycles. The Hall–Kier alpha value is -0.170. The molecule has 15 heavy (non-hydrogen) atoms. The first-order valence-corrected chi connectivity index (χ1v) is 7.01. The van der Waals surface area contributed by atoms with E-state index >= 15 is 0 Å². The van der Waals surface area contributed by atoms with E-state index in [1.807, 2.05) is 13.8 Å². The molecule has 0 amide bonds. The van der Waals surface area contributed by atoms with Crippen molar-refractivity contribution in [1.82, 2.24) is 9.62 Å². The second-order valence-corrected chi connectivity index (χ2v) is 5.24. The van der Waals surface area contributed by atoms with Crippen LogP contribution in [-0.4, -0.2) is 57.0 Å². The first kappa shape index (κ1) is 14.8. The predicted octanol–water partition coefficient (Wildman–Crippen LogP) is -0.370. The van der Waals surface area contributed by atoms with E-state index in [9.17, 15) is 8.42 Å². The lowest BCUT2D eigenvalue weighted by Gasteiger charge is -2.17. The Balaban J connectivity index is 3.74. The van der Waals surface area contributed by atoms with E-state index in [0.29, 0.717) is 13.0 Å². The third-order valence-corrected chi connectivity index (χ3v) is 3.69. The molecule has 5 nitrogen and oxygen atoms in total. The van der Waals surface area contributed by atoms with Crippen LogP contribution in [0.5, 0.6) is 0 Å². The lowest BCUT2D eigenvalue weighted by atomic mass is 10.5. The topological polar surface area (TPSA) is 69.6 Å². The summed E-state index contributed by atoms with van der Waals surface area (Å²) in [4.78, 5) is 2.15. The maximum Gasteiger partial charge on any atom is 0.211 e. The number of aliphatic hydroxyl groups excluding tert-OH is 1. The maximum atomic E-state index is 11.3. The number of nitrogens with zero attached hydrogens (tertiary/aromatic N) is 1. The lowest BCUT2D eigenvalue weighted by Crippen LogP contribution is -2.35. The Morgan fingerprint density at radius 3 is 2.33 bits per heavy atom. The van der Waals surface area contributed by atoms with E-state index in [1.165, 1.54) is 0 Å². The third kappa shape index (κ3) is 7.72. The fourth-order valence-corrected chi connectivity index (χ4v) is 2.28. The zero-order valence-corrected chi connectivity index (χ0v) is 10.4. The van der Waals surface area contributed by atoms with Crippen molar-refractivity contribution in [2.45, 2.75) is 20.3 Å². The van der Waals surface area contributed by atoms with Gasteiger partial charge in [0.05, 0.1) is 5.75 Å². The van der Waals surface area contributed by atoms with Gasteiger partial charge < -0.3 is 10.0 Å². The Labute approximate surface area is 92.5 Å². The van der Waals surface area contributed by atoms with E-state index in [2.05, 4.69) is 9.62 Å². The minimum Gasteiger partial charge on any atom is -0.396 e. The molecule has 92 valence electrons. The smallest absolute Gasteiger partial charge is 0.211 e. The van der Waals surface area contributed by atoms with Crippen LogP contribution in [0.15, 0.2) is 0 Å². The van der Waals surface area contributed by atoms with Crippen LogP contribution >= 0.6 is 0 Å². The molecular weight excluding hydrogens is 216 g/mol. The van der Waals surface area contributed by atoms with Gasteiger partial charge in [0.2, 0.25) is 10.0 Å². The summed E-state index contributed by atoms with van der Waals surface area (Å²) >= 11 is 0. The highest BCUT2D eigenvalue weighted by Gasteiger charge is 2.09. The minimum absolute atomic E-state index is 0.00174. The van der Waals surface area contributed by atoms with Crippen molar-refractivity contribution in [1.29, 1.82) is 0 Å². The molecule has 0 spiro atoms. The summed E-state index contributed by atoms with van der Waals surface area (Å²) in [5, 5.41) is 8.52. The minimum atomic E-state index is -3.19. The molecule has 6 heteroatoms. The number of sulfonamides is 1. The summed E-state index contributed by atoms with van der Waals surface area (Å²) in [5.41, 5.74) is 0. The van der Waals surface area contributed by atoms with Crippen LogP contribution in [0.2, 0.25) is 0 Å². The number of rotatable bonds is 9. The third-order valence-electron chi connectivity index (χ3n) is 2.22. The van der Waals surface area contributed by atoms with Crippen molar-refractivity contribution in [2.75, 3.05) is 38.5 Å². The van der Waals surface area contributed by atoms with Crippen molar-refractivity contribution < 1.29 is 13.5 Å². The van der Waals surface area contributed by atoms with Crippen molar-refractivity contribution in [3.05, 3.63) is 0 Å². The normalized spacial score (nSPS) is 12.3. The fraction of sp³-hybridized carbons (Fsp3) is 1.00. The SMILES string of the molecule is CCN(CC)CCNS(=O)(=O)CCCO. The number of hydrogen-bond donors (Lipinski definition) is 2. The van der Waals surface area contributed by atoms with Crippen LogP contribution in [-0.2, 0) is 10.0 Å². The maximum absolute atomic E-state index is 11.3. The van der Waals surface area contributed by atoms with Crippen molar-refractivity contribution in [3.63, 3.8) is 0 Å². The molecule has 0 rings (SSSR count). The van der Waals surface area contributed by atoms with E-state index in [0.717, 1.165) is 19.6 Å². The summed E-state index contributed by atoms with van der Waals surface area (Å²) in [6.45, 7) is 7.02. The van der Waals surface area contributed by atoms with Gasteiger partial charge in [-0.2, -0.15) is 0 Å². The first-order valence-electron chi connectivity index (χ1n) is 5.36. The standard InChI is InChI=1S/C9H22N2O3S/c1-3-11(4-2)7-6-10-15(13,14)9-5-8-12/h10,12H,3-9H2,1-2H3. The summed E-state index contributed by atoms with van der Waals surface area (Å²) in [7, 11) is -3.19. The zero-order chi connectivity index (χ0) is 11.7. The molecule has 0 unspecified atom stereocenters. The molecule has 0 saturated carbocycles. The van der Waals surface area contributed by atoms with Gasteiger partial charge in [-0.15, -0.1) is 0 Å². The summed E-state index contributed by atoms with van der Waals surface area (Å²) in [6, 6.07) is 0. The summed E-state index contributed by atoms with van der Waals surface area (Å²) < 4.78 is 25.1. The molecular formula is C9H22N2O3S. The highest BCUT2D eigenvalue weighted by atomic mass is 32.2. The molecule has 0 fully saturated rings. The molecule has 0 aliphatic rings. The predicted molar refractivity (Wildman–Crippen MR) is 61.3 cm³/mol. The first-order chi connectivity index (χ1) is 7.05. The second-order valence-electron chi connectivity index (χ2n) is 3.32. The van der Waals surface area contributed by atoms with Crippen LogP contribution in [0.25, 0.3) is 0 Å². The fourth-order valence-electron chi connectivity index (χ4n) is 1.23. The van der Waals surface area contributed by atoms with Crippen molar-refractivity contribution in [2.24, 2.45) is 0 Å². The van der Waals surface area contributed by atoms with Crippen LogP contribution in [0.4, 0.5) is 0 Å². The molecule has 0 aromatic rings. The van der Waals surface area contributed by atoms with Gasteiger partial charge in [-0.1, -0.05) is 13.8 Å². The van der Waals surface area contributed by atoms with Gasteiger partial charge in [0.1, 0.15) is 0 Å².